The predicted octanol–water partition coefficient (Wildman–Crippen LogP) is 3.76. The van der Waals surface area contributed by atoms with Crippen LogP contribution in [0, 0.1) is 0 Å². The Morgan fingerprint density at radius 1 is 1.33 bits per heavy atom. The molecule has 0 aliphatic rings. The minimum absolute atomic E-state index is 0.781. The molecule has 0 saturated heterocycles. The van der Waals surface area contributed by atoms with E-state index in [1.54, 1.807) is 11.3 Å². The lowest BCUT2D eigenvalue weighted by Gasteiger charge is -2.23. The van der Waals surface area contributed by atoms with Gasteiger partial charge in [0.1, 0.15) is 0 Å². The summed E-state index contributed by atoms with van der Waals surface area (Å²) in [4.78, 5) is 2.24. The van der Waals surface area contributed by atoms with Crippen LogP contribution in [0.3, 0.4) is 0 Å². The van der Waals surface area contributed by atoms with Crippen molar-refractivity contribution in [2.45, 2.75) is 13.1 Å². The first-order valence-electron chi connectivity index (χ1n) is 5.86. The summed E-state index contributed by atoms with van der Waals surface area (Å²) in [6.07, 6.45) is 0. The Hall–Kier alpha value is -1.03. The molecule has 96 valence electrons. The van der Waals surface area contributed by atoms with Crippen LogP contribution >= 0.6 is 22.9 Å². The molecule has 0 aliphatic heterocycles. The first-order chi connectivity index (χ1) is 8.72. The normalized spacial score (nSPS) is 10.6. The van der Waals surface area contributed by atoms with E-state index in [4.69, 9.17) is 11.6 Å². The van der Waals surface area contributed by atoms with Gasteiger partial charge in [-0.25, -0.2) is 0 Å². The van der Waals surface area contributed by atoms with Crippen LogP contribution in [0.1, 0.15) is 11.1 Å². The number of rotatable bonds is 5. The van der Waals surface area contributed by atoms with Crippen LogP contribution in [0.25, 0.3) is 0 Å². The highest BCUT2D eigenvalue weighted by atomic mass is 35.5. The molecule has 0 unspecified atom stereocenters. The van der Waals surface area contributed by atoms with Crippen molar-refractivity contribution in [3.63, 3.8) is 0 Å². The number of hydrogen-bond donors (Lipinski definition) is 1. The van der Waals surface area contributed by atoms with E-state index in [0.29, 0.717) is 0 Å². The molecule has 0 aliphatic carbocycles. The highest BCUT2D eigenvalue weighted by molar-refractivity contribution is 7.07. The van der Waals surface area contributed by atoms with E-state index >= 15 is 0 Å². The molecule has 0 atom stereocenters. The lowest BCUT2D eigenvalue weighted by molar-refractivity contribution is 0.806. The molecule has 2 aromatic rings. The van der Waals surface area contributed by atoms with Crippen molar-refractivity contribution in [3.05, 3.63) is 51.2 Å². The molecule has 2 nitrogen and oxygen atoms in total. The van der Waals surface area contributed by atoms with Gasteiger partial charge in [-0.2, -0.15) is 11.3 Å². The van der Waals surface area contributed by atoms with Gasteiger partial charge in [-0.1, -0.05) is 17.7 Å². The number of nitrogens with one attached hydrogen (secondary N) is 1. The van der Waals surface area contributed by atoms with Gasteiger partial charge in [-0.05, 0) is 41.6 Å². The maximum Gasteiger partial charge on any atom is 0.0471 e. The third-order valence-corrected chi connectivity index (χ3v) is 3.94. The molecule has 0 saturated carbocycles. The van der Waals surface area contributed by atoms with Gasteiger partial charge < -0.3 is 10.2 Å². The molecule has 1 heterocycles. The van der Waals surface area contributed by atoms with Gasteiger partial charge in [0.2, 0.25) is 0 Å². The SMILES string of the molecule is CNCc1c(Cl)cccc1N(C)Cc1ccsc1. The quantitative estimate of drug-likeness (QED) is 0.897. The van der Waals surface area contributed by atoms with Crippen molar-refractivity contribution in [2.75, 3.05) is 19.0 Å². The van der Waals surface area contributed by atoms with E-state index < -0.39 is 0 Å². The van der Waals surface area contributed by atoms with Crippen molar-refractivity contribution in [1.82, 2.24) is 5.32 Å². The molecule has 1 aromatic carbocycles. The lowest BCUT2D eigenvalue weighted by Crippen LogP contribution is -2.19. The van der Waals surface area contributed by atoms with Gasteiger partial charge in [0, 0.05) is 36.4 Å². The Balaban J connectivity index is 2.23. The summed E-state index contributed by atoms with van der Waals surface area (Å²) in [5.74, 6) is 0. The minimum Gasteiger partial charge on any atom is -0.370 e. The van der Waals surface area contributed by atoms with Crippen LogP contribution in [0.4, 0.5) is 5.69 Å². The number of anilines is 1. The minimum atomic E-state index is 0.781. The standard InChI is InChI=1S/C14H17ClN2S/c1-16-8-12-13(15)4-3-5-14(12)17(2)9-11-6-7-18-10-11/h3-7,10,16H,8-9H2,1-2H3. The predicted molar refractivity (Wildman–Crippen MR) is 80.6 cm³/mol. The van der Waals surface area contributed by atoms with Gasteiger partial charge in [-0.15, -0.1) is 0 Å². The van der Waals surface area contributed by atoms with Gasteiger partial charge in [-0.3, -0.25) is 0 Å². The highest BCUT2D eigenvalue weighted by Crippen LogP contribution is 2.28. The summed E-state index contributed by atoms with van der Waals surface area (Å²) in [6, 6.07) is 8.21. The maximum absolute atomic E-state index is 6.27. The molecule has 1 aromatic heterocycles. The van der Waals surface area contributed by atoms with Gasteiger partial charge >= 0.3 is 0 Å². The third kappa shape index (κ3) is 3.05. The van der Waals surface area contributed by atoms with Crippen LogP contribution in [0.2, 0.25) is 5.02 Å². The van der Waals surface area contributed by atoms with Crippen LogP contribution in [-0.2, 0) is 13.1 Å². The Labute approximate surface area is 117 Å². The van der Waals surface area contributed by atoms with E-state index in [0.717, 1.165) is 23.7 Å². The summed E-state index contributed by atoms with van der Waals surface area (Å²) in [6.45, 7) is 1.68. The molecule has 0 bridgehead atoms. The zero-order valence-corrected chi connectivity index (χ0v) is 12.2. The van der Waals surface area contributed by atoms with E-state index in [2.05, 4.69) is 40.2 Å². The van der Waals surface area contributed by atoms with Crippen molar-refractivity contribution >= 4 is 28.6 Å². The molecule has 2 rings (SSSR count). The molecule has 0 spiro atoms. The van der Waals surface area contributed by atoms with Crippen molar-refractivity contribution < 1.29 is 0 Å². The number of nitrogens with zero attached hydrogens (tertiary/aromatic N) is 1. The topological polar surface area (TPSA) is 15.3 Å². The fraction of sp³-hybridized carbons (Fsp3) is 0.286. The molecule has 18 heavy (non-hydrogen) atoms. The van der Waals surface area contributed by atoms with E-state index in [1.165, 1.54) is 11.3 Å². The second-order valence-electron chi connectivity index (χ2n) is 4.26. The number of halogens is 1. The molecule has 1 N–H and O–H groups in total. The molecular formula is C14H17ClN2S. The van der Waals surface area contributed by atoms with Gasteiger partial charge in [0.05, 0.1) is 0 Å². The number of benzene rings is 1. The Bertz CT molecular complexity index is 497. The van der Waals surface area contributed by atoms with Crippen molar-refractivity contribution in [1.29, 1.82) is 0 Å². The molecular weight excluding hydrogens is 264 g/mol. The van der Waals surface area contributed by atoms with E-state index in [1.807, 2.05) is 19.2 Å². The summed E-state index contributed by atoms with van der Waals surface area (Å²) < 4.78 is 0. The summed E-state index contributed by atoms with van der Waals surface area (Å²) >= 11 is 8.00. The largest absolute Gasteiger partial charge is 0.370 e. The van der Waals surface area contributed by atoms with Crippen LogP contribution in [0.15, 0.2) is 35.0 Å². The second-order valence-corrected chi connectivity index (χ2v) is 5.44. The summed E-state index contributed by atoms with van der Waals surface area (Å²) in [7, 11) is 4.04. The van der Waals surface area contributed by atoms with Crippen LogP contribution in [-0.4, -0.2) is 14.1 Å². The fourth-order valence-corrected chi connectivity index (χ4v) is 2.89. The average Bonchev–Trinajstić information content (AvgIpc) is 2.84. The second kappa shape index (κ2) is 6.23. The van der Waals surface area contributed by atoms with Crippen LogP contribution < -0.4 is 10.2 Å². The van der Waals surface area contributed by atoms with Gasteiger partial charge in [0.15, 0.2) is 0 Å². The first-order valence-corrected chi connectivity index (χ1v) is 7.18. The molecule has 4 heteroatoms. The third-order valence-electron chi connectivity index (χ3n) is 2.86. The molecule has 0 amide bonds. The van der Waals surface area contributed by atoms with Crippen molar-refractivity contribution in [3.8, 4) is 0 Å². The number of thiophene rings is 1. The monoisotopic (exact) mass is 280 g/mol. The van der Waals surface area contributed by atoms with Crippen molar-refractivity contribution in [2.24, 2.45) is 0 Å². The van der Waals surface area contributed by atoms with Gasteiger partial charge in [0.25, 0.3) is 0 Å². The lowest BCUT2D eigenvalue weighted by atomic mass is 10.1. The Morgan fingerprint density at radius 2 is 2.17 bits per heavy atom. The van der Waals surface area contributed by atoms with E-state index in [9.17, 15) is 0 Å². The fourth-order valence-electron chi connectivity index (χ4n) is 2.00. The summed E-state index contributed by atoms with van der Waals surface area (Å²) in [5, 5.41) is 8.27. The maximum atomic E-state index is 6.27. The summed E-state index contributed by atoms with van der Waals surface area (Å²) in [5.41, 5.74) is 3.67. The Morgan fingerprint density at radius 3 is 2.83 bits per heavy atom. The zero-order valence-electron chi connectivity index (χ0n) is 10.6. The smallest absolute Gasteiger partial charge is 0.0471 e. The molecule has 0 fully saturated rings. The number of hydrogen-bond acceptors (Lipinski definition) is 3. The Kier molecular flexibility index (Phi) is 4.64. The van der Waals surface area contributed by atoms with Crippen LogP contribution in [0.5, 0.6) is 0 Å². The first kappa shape index (κ1) is 13.4. The highest BCUT2D eigenvalue weighted by Gasteiger charge is 2.10. The zero-order chi connectivity index (χ0) is 13.0. The molecule has 0 radical (unpaired) electrons. The average molecular weight is 281 g/mol. The van der Waals surface area contributed by atoms with E-state index in [-0.39, 0.29) is 0 Å².